The molecule has 2 rings (SSSR count). The lowest BCUT2D eigenvalue weighted by Gasteiger charge is -2.26. The second kappa shape index (κ2) is 11.8. The Hall–Kier alpha value is -2.45. The highest BCUT2D eigenvalue weighted by atomic mass is 31.2. The number of carbonyl (C=O) groups is 3. The molecular weight excluding hydrogens is 475 g/mol. The van der Waals surface area contributed by atoms with Crippen LogP contribution < -0.4 is 20.5 Å². The van der Waals surface area contributed by atoms with E-state index < -0.39 is 68.7 Å². The number of esters is 2. The van der Waals surface area contributed by atoms with E-state index in [4.69, 9.17) is 15.0 Å². The Morgan fingerprint density at radius 3 is 2.21 bits per heavy atom. The maximum Gasteiger partial charge on any atom is 0.342 e. The van der Waals surface area contributed by atoms with Gasteiger partial charge in [0.15, 0.2) is 18.5 Å². The van der Waals surface area contributed by atoms with Crippen LogP contribution in [0.3, 0.4) is 0 Å². The van der Waals surface area contributed by atoms with Gasteiger partial charge in [-0.2, -0.15) is 4.57 Å². The number of nitrogens with one attached hydrogen (secondary N) is 2. The minimum absolute atomic E-state index is 0.152. The second-order valence-corrected chi connectivity index (χ2v) is 9.42. The van der Waals surface area contributed by atoms with Crippen molar-refractivity contribution in [1.82, 2.24) is 10.2 Å². The normalized spacial score (nSPS) is 24.3. The Balaban J connectivity index is 2.17. The number of ether oxygens (including phenoxy) is 3. The van der Waals surface area contributed by atoms with Crippen LogP contribution in [0.4, 0.5) is 0 Å². The lowest BCUT2D eigenvalue weighted by atomic mass is 10.1. The van der Waals surface area contributed by atoms with Crippen molar-refractivity contribution in [2.75, 3.05) is 20.8 Å². The number of nitrogens with zero attached hydrogens (tertiary/aromatic N) is 1. The van der Waals surface area contributed by atoms with Gasteiger partial charge in [0.25, 0.3) is 12.1 Å². The summed E-state index contributed by atoms with van der Waals surface area (Å²) in [5.74, 6) is -2.18. The number of aromatic nitrogens is 1. The van der Waals surface area contributed by atoms with Gasteiger partial charge >= 0.3 is 19.6 Å². The SMILES string of the molecule is COC(=O)[C@H](C)NP(=O)(N[C@@H](C)C(=O)OC)OC[C@H]1O[C@@H]([n+]2cccc(C(N)=O)c2)[C@H](O)[C@@H]1O. The first-order valence-corrected chi connectivity index (χ1v) is 11.8. The van der Waals surface area contributed by atoms with E-state index in [-0.39, 0.29) is 5.56 Å². The number of rotatable bonds is 11. The molecule has 0 aromatic carbocycles. The van der Waals surface area contributed by atoms with Crippen LogP contribution in [-0.4, -0.2) is 79.3 Å². The third-order valence-electron chi connectivity index (χ3n) is 5.00. The minimum Gasteiger partial charge on any atom is -0.468 e. The van der Waals surface area contributed by atoms with Crippen molar-refractivity contribution in [3.8, 4) is 0 Å². The second-order valence-electron chi connectivity index (χ2n) is 7.55. The van der Waals surface area contributed by atoms with Crippen molar-refractivity contribution in [3.63, 3.8) is 0 Å². The molecule has 0 spiro atoms. The van der Waals surface area contributed by atoms with Crippen LogP contribution in [0.15, 0.2) is 24.5 Å². The summed E-state index contributed by atoms with van der Waals surface area (Å²) >= 11 is 0. The van der Waals surface area contributed by atoms with Crippen LogP contribution in [0.25, 0.3) is 0 Å². The average Bonchev–Trinajstić information content (AvgIpc) is 3.10. The zero-order valence-electron chi connectivity index (χ0n) is 19.1. The Morgan fingerprint density at radius 2 is 1.71 bits per heavy atom. The first-order valence-electron chi connectivity index (χ1n) is 10.2. The predicted molar refractivity (Wildman–Crippen MR) is 114 cm³/mol. The number of amides is 1. The Bertz CT molecular complexity index is 919. The fourth-order valence-electron chi connectivity index (χ4n) is 3.17. The fraction of sp³-hybridized carbons (Fsp3) is 0.579. The van der Waals surface area contributed by atoms with Gasteiger partial charge in [-0.1, -0.05) is 0 Å². The standard InChI is InChI=1S/C19H29N4O10P/c1-10(18(27)30-3)21-34(29,22-11(2)19(28)31-4)32-9-13-14(24)15(25)17(33-13)23-7-5-6-12(8-23)16(20)26/h5-8,10-11,13-15,17,24-25H,9H2,1-4H3,(H3-,20,21,22,26,29)/p+1/t10-,11-,13+,14+,15+,17+/m0/s1. The summed E-state index contributed by atoms with van der Waals surface area (Å²) in [6.07, 6.45) is -2.31. The maximum absolute atomic E-state index is 13.4. The Morgan fingerprint density at radius 1 is 1.15 bits per heavy atom. The molecule has 190 valence electrons. The molecule has 34 heavy (non-hydrogen) atoms. The fourth-order valence-corrected chi connectivity index (χ4v) is 4.98. The zero-order valence-corrected chi connectivity index (χ0v) is 20.0. The monoisotopic (exact) mass is 505 g/mol. The molecule has 6 N–H and O–H groups in total. The van der Waals surface area contributed by atoms with E-state index in [1.165, 1.54) is 42.9 Å². The van der Waals surface area contributed by atoms with Gasteiger partial charge in [-0.25, -0.2) is 10.2 Å². The molecule has 1 amide bonds. The van der Waals surface area contributed by atoms with Gasteiger partial charge in [0, 0.05) is 6.07 Å². The Kier molecular flexibility index (Phi) is 9.64. The quantitative estimate of drug-likeness (QED) is 0.128. The summed E-state index contributed by atoms with van der Waals surface area (Å²) < 4.78 is 35.0. The van der Waals surface area contributed by atoms with Gasteiger partial charge in [0.05, 0.1) is 20.8 Å². The summed E-state index contributed by atoms with van der Waals surface area (Å²) in [6.45, 7) is 2.23. The molecule has 2 heterocycles. The summed E-state index contributed by atoms with van der Waals surface area (Å²) in [4.78, 5) is 35.0. The molecule has 15 heteroatoms. The topological polar surface area (TPSA) is 200 Å². The highest BCUT2D eigenvalue weighted by Gasteiger charge is 2.49. The van der Waals surface area contributed by atoms with Crippen molar-refractivity contribution in [2.45, 2.75) is 50.5 Å². The lowest BCUT2D eigenvalue weighted by Crippen LogP contribution is -2.46. The molecule has 1 aliphatic heterocycles. The molecule has 1 aromatic heterocycles. The number of methoxy groups -OCH3 is 2. The molecule has 1 saturated heterocycles. The van der Waals surface area contributed by atoms with E-state index in [9.17, 15) is 29.2 Å². The third kappa shape index (κ3) is 6.79. The molecule has 1 fully saturated rings. The first-order chi connectivity index (χ1) is 15.9. The van der Waals surface area contributed by atoms with Crippen LogP contribution in [0.2, 0.25) is 0 Å². The summed E-state index contributed by atoms with van der Waals surface area (Å²) in [5.41, 5.74) is 5.42. The van der Waals surface area contributed by atoms with Crippen LogP contribution in [0, 0.1) is 0 Å². The van der Waals surface area contributed by atoms with Gasteiger partial charge in [-0.3, -0.25) is 18.9 Å². The van der Waals surface area contributed by atoms with Crippen molar-refractivity contribution >= 4 is 25.5 Å². The Labute approximate surface area is 195 Å². The number of primary amides is 1. The number of nitrogens with two attached hydrogens (primary N) is 1. The number of hydrogen-bond acceptors (Lipinski definition) is 10. The van der Waals surface area contributed by atoms with Crippen LogP contribution in [0.1, 0.15) is 30.4 Å². The van der Waals surface area contributed by atoms with E-state index in [2.05, 4.69) is 19.6 Å². The molecular formula is C19H30N4O10P+. The van der Waals surface area contributed by atoms with Gasteiger partial charge < -0.3 is 34.7 Å². The number of hydrogen-bond donors (Lipinski definition) is 5. The smallest absolute Gasteiger partial charge is 0.342 e. The summed E-state index contributed by atoms with van der Waals surface area (Å²) in [7, 11) is -1.83. The number of aliphatic hydroxyl groups excluding tert-OH is 2. The molecule has 14 nitrogen and oxygen atoms in total. The molecule has 1 aliphatic rings. The van der Waals surface area contributed by atoms with Gasteiger partial charge in [0.1, 0.15) is 29.9 Å². The zero-order chi connectivity index (χ0) is 25.6. The van der Waals surface area contributed by atoms with Crippen LogP contribution >= 0.6 is 7.67 Å². The summed E-state index contributed by atoms with van der Waals surface area (Å²) in [5, 5.41) is 25.8. The highest BCUT2D eigenvalue weighted by molar-refractivity contribution is 7.54. The lowest BCUT2D eigenvalue weighted by molar-refractivity contribution is -0.765. The third-order valence-corrected chi connectivity index (χ3v) is 6.96. The van der Waals surface area contributed by atoms with Crippen molar-refractivity contribution < 1.29 is 52.5 Å². The van der Waals surface area contributed by atoms with E-state index in [1.54, 1.807) is 0 Å². The molecule has 0 saturated carbocycles. The predicted octanol–water partition coefficient (Wildman–Crippen LogP) is -1.88. The van der Waals surface area contributed by atoms with Gasteiger partial charge in [-0.15, -0.1) is 0 Å². The van der Waals surface area contributed by atoms with E-state index in [0.29, 0.717) is 0 Å². The van der Waals surface area contributed by atoms with Gasteiger partial charge in [0.2, 0.25) is 0 Å². The highest BCUT2D eigenvalue weighted by Crippen LogP contribution is 2.40. The van der Waals surface area contributed by atoms with E-state index >= 15 is 0 Å². The van der Waals surface area contributed by atoms with E-state index in [1.807, 2.05) is 0 Å². The minimum atomic E-state index is -4.12. The molecule has 1 aromatic rings. The first kappa shape index (κ1) is 27.8. The molecule has 0 aliphatic carbocycles. The van der Waals surface area contributed by atoms with E-state index in [0.717, 1.165) is 14.2 Å². The number of pyridine rings is 1. The van der Waals surface area contributed by atoms with Crippen LogP contribution in [-0.2, 0) is 32.9 Å². The number of aliphatic hydroxyl groups is 2. The summed E-state index contributed by atoms with van der Waals surface area (Å²) in [6, 6.07) is 0.799. The van der Waals surface area contributed by atoms with Crippen molar-refractivity contribution in [2.24, 2.45) is 5.73 Å². The van der Waals surface area contributed by atoms with Crippen LogP contribution in [0.5, 0.6) is 0 Å². The van der Waals surface area contributed by atoms with Gasteiger partial charge in [-0.05, 0) is 19.9 Å². The van der Waals surface area contributed by atoms with Crippen molar-refractivity contribution in [3.05, 3.63) is 30.1 Å². The number of carbonyl (C=O) groups excluding carboxylic acids is 3. The largest absolute Gasteiger partial charge is 0.468 e. The average molecular weight is 505 g/mol. The molecule has 6 atom stereocenters. The molecule has 0 bridgehead atoms. The molecule has 0 radical (unpaired) electrons. The maximum atomic E-state index is 13.4. The molecule has 0 unspecified atom stereocenters. The van der Waals surface area contributed by atoms with Crippen molar-refractivity contribution in [1.29, 1.82) is 0 Å².